The zero-order valence-corrected chi connectivity index (χ0v) is 24.3. The van der Waals surface area contributed by atoms with Crippen molar-refractivity contribution in [2.45, 2.75) is 94.2 Å². The zero-order chi connectivity index (χ0) is 31.0. The van der Waals surface area contributed by atoms with Crippen LogP contribution < -0.4 is 0 Å². The first kappa shape index (κ1) is 50.3. The van der Waals surface area contributed by atoms with Crippen LogP contribution in [-0.4, -0.2) is 139 Å². The van der Waals surface area contributed by atoms with Crippen LogP contribution in [0.25, 0.3) is 0 Å². The van der Waals surface area contributed by atoms with Gasteiger partial charge in [0, 0.05) is 30.6 Å². The smallest absolute Gasteiger partial charge is 0.263 e. The van der Waals surface area contributed by atoms with Crippen LogP contribution in [0.2, 0.25) is 0 Å². The minimum absolute atomic E-state index is 0.00231. The maximum Gasteiger partial charge on any atom is 0.263 e. The molecule has 0 amide bonds. The zero-order valence-electron chi connectivity index (χ0n) is 21.6. The molecule has 0 bridgehead atoms. The number of aliphatic hydroxyl groups excluding tert-OH is 9. The van der Waals surface area contributed by atoms with Gasteiger partial charge < -0.3 is 71.5 Å². The van der Waals surface area contributed by atoms with Crippen LogP contribution in [0, 0.1) is 5.92 Å². The first-order valence-electron chi connectivity index (χ1n) is 11.2. The molecule has 17 heteroatoms. The number of thiol groups is 3. The highest BCUT2D eigenvalue weighted by molar-refractivity contribution is 8.00. The van der Waals surface area contributed by atoms with E-state index in [1.807, 2.05) is 6.92 Å². The Bertz CT molecular complexity index is 319. The predicted octanol–water partition coefficient (Wildman–Crippen LogP) is -3.45. The van der Waals surface area contributed by atoms with Gasteiger partial charge in [-0.3, -0.25) is 0 Å². The standard InChI is InChI=1S/C5H12O.C4H10O4.C4H10O3.C3H8O3.C3H8S3.CH4O3/c1-2-3-4-5-6;5-3(6)1-2-4(7)8;5-1-4(2-6)3-7;2*1-2(4)3(5)6;2-1(3)4/h6H,2-5H2,1H3;3-8H,1-2H2;4-7H,1-3H2;2*2-6H,1H3;1-4H. The first-order chi connectivity index (χ1) is 16.9. The van der Waals surface area contributed by atoms with E-state index < -0.39 is 31.5 Å². The van der Waals surface area contributed by atoms with E-state index in [4.69, 9.17) is 71.5 Å². The summed E-state index contributed by atoms with van der Waals surface area (Å²) in [6.45, 7) is 3.12. The van der Waals surface area contributed by atoms with Gasteiger partial charge in [-0.1, -0.05) is 26.7 Å². The Kier molecular flexibility index (Phi) is 55.8. The van der Waals surface area contributed by atoms with Gasteiger partial charge >= 0.3 is 0 Å². The van der Waals surface area contributed by atoms with E-state index in [1.165, 1.54) is 13.3 Å². The van der Waals surface area contributed by atoms with Crippen molar-refractivity contribution < 1.29 is 71.5 Å². The Hall–Kier alpha value is 0.490. The van der Waals surface area contributed by atoms with Gasteiger partial charge in [0.1, 0.15) is 6.10 Å². The van der Waals surface area contributed by atoms with Gasteiger partial charge in [-0.25, -0.2) is 0 Å². The van der Waals surface area contributed by atoms with Gasteiger partial charge in [0.2, 0.25) is 0 Å². The quantitative estimate of drug-likeness (QED) is 0.0614. The maximum absolute atomic E-state index is 8.21. The Morgan fingerprint density at radius 3 is 0.919 bits per heavy atom. The van der Waals surface area contributed by atoms with Crippen molar-refractivity contribution in [3.63, 3.8) is 0 Å². The van der Waals surface area contributed by atoms with Gasteiger partial charge in [-0.05, 0) is 13.3 Å². The molecular weight excluding hydrogens is 560 g/mol. The Morgan fingerprint density at radius 2 is 0.865 bits per heavy atom. The van der Waals surface area contributed by atoms with Crippen LogP contribution in [0.4, 0.5) is 0 Å². The van der Waals surface area contributed by atoms with Gasteiger partial charge in [0.25, 0.3) is 6.48 Å². The molecule has 14 nitrogen and oxygen atoms in total. The van der Waals surface area contributed by atoms with Gasteiger partial charge in [0.05, 0.1) is 24.4 Å². The number of unbranched alkanes of at least 4 members (excludes halogenated alkanes) is 2. The van der Waals surface area contributed by atoms with Crippen molar-refractivity contribution in [1.82, 2.24) is 0 Å². The number of hydrogen-bond acceptors (Lipinski definition) is 17. The van der Waals surface area contributed by atoms with Crippen LogP contribution in [0.1, 0.15) is 52.9 Å². The van der Waals surface area contributed by atoms with Crippen LogP contribution in [0.3, 0.4) is 0 Å². The van der Waals surface area contributed by atoms with E-state index in [9.17, 15) is 0 Å². The lowest BCUT2D eigenvalue weighted by Crippen LogP contribution is -2.20. The summed E-state index contributed by atoms with van der Waals surface area (Å²) < 4.78 is 0.105. The molecule has 37 heavy (non-hydrogen) atoms. The van der Waals surface area contributed by atoms with Crippen molar-refractivity contribution >= 4 is 37.9 Å². The van der Waals surface area contributed by atoms with E-state index in [0.29, 0.717) is 6.61 Å². The van der Waals surface area contributed by atoms with E-state index in [-0.39, 0.29) is 48.4 Å². The lowest BCUT2D eigenvalue weighted by Gasteiger charge is -2.03. The molecule has 2 atom stereocenters. The fraction of sp³-hybridized carbons (Fsp3) is 1.00. The lowest BCUT2D eigenvalue weighted by atomic mass is 10.2. The Labute approximate surface area is 235 Å². The van der Waals surface area contributed by atoms with E-state index in [2.05, 4.69) is 44.8 Å². The van der Waals surface area contributed by atoms with Gasteiger partial charge in [0.15, 0.2) is 18.9 Å². The molecule has 0 aliphatic rings. The molecule has 0 saturated carbocycles. The second kappa shape index (κ2) is 41.0. The number of aliphatic hydroxyl groups is 14. The summed E-state index contributed by atoms with van der Waals surface area (Å²) >= 11 is 12.0. The van der Waals surface area contributed by atoms with Gasteiger partial charge in [-0.2, -0.15) is 37.9 Å². The Morgan fingerprint density at radius 1 is 0.595 bits per heavy atom. The third-order valence-electron chi connectivity index (χ3n) is 3.08. The summed E-state index contributed by atoms with van der Waals surface area (Å²) in [6, 6.07) is 0. The molecule has 0 saturated heterocycles. The topological polar surface area (TPSA) is 283 Å². The highest BCUT2D eigenvalue weighted by atomic mass is 32.2. The summed E-state index contributed by atoms with van der Waals surface area (Å²) in [5, 5.41) is 111. The first-order valence-corrected chi connectivity index (χ1v) is 12.7. The average molecular weight is 613 g/mol. The largest absolute Gasteiger partial charge is 0.396 e. The molecule has 0 rings (SSSR count). The minimum Gasteiger partial charge on any atom is -0.396 e. The molecule has 0 heterocycles. The van der Waals surface area contributed by atoms with Crippen molar-refractivity contribution in [3.05, 3.63) is 0 Å². The fourth-order valence-corrected chi connectivity index (χ4v) is 0.833. The molecule has 0 aliphatic heterocycles. The summed E-state index contributed by atoms with van der Waals surface area (Å²) in [5.41, 5.74) is 0. The van der Waals surface area contributed by atoms with E-state index >= 15 is 0 Å². The minimum atomic E-state index is -2.17. The molecule has 0 aliphatic carbocycles. The molecule has 0 fully saturated rings. The summed E-state index contributed by atoms with van der Waals surface area (Å²) in [6.07, 6.45) is -2.17. The summed E-state index contributed by atoms with van der Waals surface area (Å²) in [4.78, 5) is 0. The van der Waals surface area contributed by atoms with Crippen LogP contribution in [0.15, 0.2) is 0 Å². The van der Waals surface area contributed by atoms with Crippen LogP contribution >= 0.6 is 37.9 Å². The predicted molar refractivity (Wildman–Crippen MR) is 148 cm³/mol. The van der Waals surface area contributed by atoms with Crippen molar-refractivity contribution in [1.29, 1.82) is 0 Å². The monoisotopic (exact) mass is 612 g/mol. The lowest BCUT2D eigenvalue weighted by molar-refractivity contribution is -0.198. The third-order valence-corrected chi connectivity index (χ3v) is 4.75. The number of hydrogen-bond donors (Lipinski definition) is 17. The van der Waals surface area contributed by atoms with Gasteiger partial charge in [-0.15, -0.1) is 0 Å². The fourth-order valence-electron chi connectivity index (χ4n) is 0.833. The molecule has 0 radical (unpaired) electrons. The molecular formula is C20H52O14S3. The van der Waals surface area contributed by atoms with Crippen LogP contribution in [-0.2, 0) is 0 Å². The van der Waals surface area contributed by atoms with Crippen LogP contribution in [0.5, 0.6) is 0 Å². The molecule has 234 valence electrons. The number of rotatable bonds is 11. The summed E-state index contributed by atoms with van der Waals surface area (Å²) in [7, 11) is 0. The SMILES string of the molecule is CC(O)C(O)O.CC(S)C(S)S.CCCCCO.OC(O)CCC(O)O.OC(O)O.OCC(CO)CO. The molecule has 0 spiro atoms. The second-order valence-electron chi connectivity index (χ2n) is 7.04. The molecule has 14 N–H and O–H groups in total. The maximum atomic E-state index is 8.21. The van der Waals surface area contributed by atoms with E-state index in [0.717, 1.165) is 12.8 Å². The molecule has 0 aromatic heterocycles. The third kappa shape index (κ3) is 85.8. The van der Waals surface area contributed by atoms with Crippen molar-refractivity contribution in [2.24, 2.45) is 5.92 Å². The average Bonchev–Trinajstić information content (AvgIpc) is 2.78. The normalized spacial score (nSPS) is 11.8. The Balaban J connectivity index is -0.0000000788. The summed E-state index contributed by atoms with van der Waals surface area (Å²) in [5.74, 6) is -0.347. The highest BCUT2D eigenvalue weighted by Gasteiger charge is 2.02. The van der Waals surface area contributed by atoms with Crippen molar-refractivity contribution in [3.8, 4) is 0 Å². The molecule has 0 aromatic rings. The van der Waals surface area contributed by atoms with Crippen molar-refractivity contribution in [2.75, 3.05) is 26.4 Å². The second-order valence-corrected chi connectivity index (χ2v) is 9.37. The molecule has 2 unspecified atom stereocenters. The van der Waals surface area contributed by atoms with E-state index in [1.54, 1.807) is 0 Å². The molecule has 0 aromatic carbocycles. The highest BCUT2D eigenvalue weighted by Crippen LogP contribution is 2.10.